The molecule has 5 N–H and O–H groups in total. The Morgan fingerprint density at radius 2 is 1.73 bits per heavy atom. The average molecular weight is 461 g/mol. The number of aryl methyl sites for hydroxylation is 1. The van der Waals surface area contributed by atoms with Crippen molar-refractivity contribution in [3.05, 3.63) is 75.7 Å². The van der Waals surface area contributed by atoms with Crippen LogP contribution in [0.25, 0.3) is 32.9 Å². The summed E-state index contributed by atoms with van der Waals surface area (Å²) < 4.78 is 0. The fraction of sp³-hybridized carbons (Fsp3) is 0.120. The van der Waals surface area contributed by atoms with E-state index in [9.17, 15) is 19.8 Å². The summed E-state index contributed by atoms with van der Waals surface area (Å²) in [4.78, 5) is 31.6. The van der Waals surface area contributed by atoms with Crippen molar-refractivity contribution in [1.82, 2.24) is 9.97 Å². The van der Waals surface area contributed by atoms with Gasteiger partial charge in [0.05, 0.1) is 5.56 Å². The molecule has 166 valence electrons. The van der Waals surface area contributed by atoms with Crippen LogP contribution in [0.5, 0.6) is 5.75 Å². The molecule has 0 saturated heterocycles. The minimum absolute atomic E-state index is 0.0191. The maximum atomic E-state index is 13.5. The second kappa shape index (κ2) is 8.23. The van der Waals surface area contributed by atoms with Gasteiger partial charge < -0.3 is 25.3 Å². The van der Waals surface area contributed by atoms with Gasteiger partial charge in [0, 0.05) is 51.9 Å². The molecule has 0 atom stereocenters. The Labute approximate surface area is 191 Å². The molecule has 8 heteroatoms. The van der Waals surface area contributed by atoms with Crippen LogP contribution in [0.1, 0.15) is 36.9 Å². The third kappa shape index (κ3) is 3.40. The Kier molecular flexibility index (Phi) is 5.24. The molecule has 5 aromatic rings. The first-order valence-electron chi connectivity index (χ1n) is 10.4. The molecule has 3 heterocycles. The molecule has 0 saturated carbocycles. The molecule has 5 rings (SSSR count). The quantitative estimate of drug-likeness (QED) is 0.220. The van der Waals surface area contributed by atoms with E-state index in [1.54, 1.807) is 12.4 Å². The third-order valence-electron chi connectivity index (χ3n) is 5.79. The molecule has 2 aromatic carbocycles. The highest BCUT2D eigenvalue weighted by atomic mass is 32.1. The lowest BCUT2D eigenvalue weighted by Crippen LogP contribution is -1.98. The SMILES string of the molecule is O=C(O)c1sc(C(=O)c2c[nH]c3c(CCCO)cccc23)c(O)c1-c1c[nH]c2ccccc12. The molecular formula is C25H20N2O5S. The van der Waals surface area contributed by atoms with Gasteiger partial charge in [-0.25, -0.2) is 4.79 Å². The van der Waals surface area contributed by atoms with Crippen molar-refractivity contribution in [2.75, 3.05) is 6.61 Å². The number of H-pyrrole nitrogens is 2. The van der Waals surface area contributed by atoms with E-state index in [2.05, 4.69) is 9.97 Å². The van der Waals surface area contributed by atoms with Crippen LogP contribution in [-0.4, -0.2) is 43.6 Å². The third-order valence-corrected chi connectivity index (χ3v) is 6.96. The molecule has 0 aliphatic rings. The summed E-state index contributed by atoms with van der Waals surface area (Å²) in [6.45, 7) is 0.0700. The maximum absolute atomic E-state index is 13.5. The number of para-hydroxylation sites is 2. The number of aliphatic hydroxyl groups is 1. The van der Waals surface area contributed by atoms with Gasteiger partial charge in [-0.1, -0.05) is 36.4 Å². The van der Waals surface area contributed by atoms with E-state index in [4.69, 9.17) is 5.11 Å². The first-order valence-corrected chi connectivity index (χ1v) is 11.2. The Morgan fingerprint density at radius 1 is 0.939 bits per heavy atom. The van der Waals surface area contributed by atoms with Crippen LogP contribution in [0, 0.1) is 0 Å². The second-order valence-electron chi connectivity index (χ2n) is 7.74. The van der Waals surface area contributed by atoms with Crippen LogP contribution in [-0.2, 0) is 6.42 Å². The minimum atomic E-state index is -1.21. The van der Waals surface area contributed by atoms with Crippen molar-refractivity contribution in [2.45, 2.75) is 12.8 Å². The van der Waals surface area contributed by atoms with Crippen molar-refractivity contribution in [2.24, 2.45) is 0 Å². The molecule has 0 bridgehead atoms. The first-order chi connectivity index (χ1) is 16.0. The summed E-state index contributed by atoms with van der Waals surface area (Å²) in [7, 11) is 0. The van der Waals surface area contributed by atoms with Gasteiger partial charge in [0.25, 0.3) is 0 Å². The smallest absolute Gasteiger partial charge is 0.346 e. The molecule has 0 aliphatic carbocycles. The Morgan fingerprint density at radius 3 is 2.52 bits per heavy atom. The fourth-order valence-electron chi connectivity index (χ4n) is 4.26. The first kappa shape index (κ1) is 21.0. The number of aliphatic hydroxyl groups excluding tert-OH is 1. The van der Waals surface area contributed by atoms with Crippen molar-refractivity contribution in [3.63, 3.8) is 0 Å². The van der Waals surface area contributed by atoms with E-state index in [1.807, 2.05) is 42.5 Å². The molecule has 7 nitrogen and oxygen atoms in total. The maximum Gasteiger partial charge on any atom is 0.346 e. The van der Waals surface area contributed by atoms with Crippen molar-refractivity contribution in [3.8, 4) is 16.9 Å². The zero-order valence-corrected chi connectivity index (χ0v) is 18.2. The number of thiophene rings is 1. The van der Waals surface area contributed by atoms with E-state index in [1.165, 1.54) is 0 Å². The standard InChI is InChI=1S/C25H20N2O5S/c28-10-4-6-13-5-3-8-15-17(12-27-20(13)15)21(29)24-22(30)19(23(33-24)25(31)32)16-11-26-18-9-2-1-7-14(16)18/h1-3,5,7-9,11-12,26-28,30H,4,6,10H2,(H,31,32). The number of carbonyl (C=O) groups is 2. The molecule has 0 fully saturated rings. The Hall–Kier alpha value is -3.88. The summed E-state index contributed by atoms with van der Waals surface area (Å²) in [6, 6.07) is 13.0. The molecule has 3 aromatic heterocycles. The average Bonchev–Trinajstić information content (AvgIpc) is 3.52. The zero-order chi connectivity index (χ0) is 23.1. The molecule has 33 heavy (non-hydrogen) atoms. The van der Waals surface area contributed by atoms with Crippen LogP contribution in [0.15, 0.2) is 54.9 Å². The van der Waals surface area contributed by atoms with Crippen molar-refractivity contribution >= 4 is 44.9 Å². The summed E-state index contributed by atoms with van der Waals surface area (Å²) in [6.07, 6.45) is 4.48. The van der Waals surface area contributed by atoms with Gasteiger partial charge in [-0.05, 0) is 24.5 Å². The molecule has 0 spiro atoms. The number of ketones is 1. The number of aromatic carboxylic acids is 1. The van der Waals surface area contributed by atoms with Crippen LogP contribution in [0.3, 0.4) is 0 Å². The highest BCUT2D eigenvalue weighted by molar-refractivity contribution is 7.17. The lowest BCUT2D eigenvalue weighted by Gasteiger charge is -2.03. The molecule has 0 aliphatic heterocycles. The topological polar surface area (TPSA) is 126 Å². The lowest BCUT2D eigenvalue weighted by molar-refractivity contribution is 0.0702. The van der Waals surface area contributed by atoms with E-state index in [0.29, 0.717) is 29.4 Å². The largest absolute Gasteiger partial charge is 0.506 e. The monoisotopic (exact) mass is 460 g/mol. The summed E-state index contributed by atoms with van der Waals surface area (Å²) in [5.41, 5.74) is 3.59. The predicted octanol–water partition coefficient (Wildman–Crippen LogP) is 4.94. The van der Waals surface area contributed by atoms with Crippen molar-refractivity contribution < 1.29 is 24.9 Å². The highest BCUT2D eigenvalue weighted by Gasteiger charge is 2.30. The normalized spacial score (nSPS) is 11.4. The Bertz CT molecular complexity index is 1520. The van der Waals surface area contributed by atoms with Gasteiger partial charge in [-0.15, -0.1) is 11.3 Å². The number of aromatic nitrogens is 2. The van der Waals surface area contributed by atoms with Gasteiger partial charge in [0.2, 0.25) is 5.78 Å². The van der Waals surface area contributed by atoms with Crippen LogP contribution < -0.4 is 0 Å². The molecule has 0 unspecified atom stereocenters. The van der Waals surface area contributed by atoms with E-state index in [0.717, 1.165) is 33.3 Å². The van der Waals surface area contributed by atoms with Crippen LogP contribution >= 0.6 is 11.3 Å². The van der Waals surface area contributed by atoms with Crippen LogP contribution in [0.2, 0.25) is 0 Å². The molecule has 0 amide bonds. The summed E-state index contributed by atoms with van der Waals surface area (Å²) >= 11 is 0.774. The summed E-state index contributed by atoms with van der Waals surface area (Å²) in [5, 5.41) is 31.5. The van der Waals surface area contributed by atoms with Gasteiger partial charge in [-0.3, -0.25) is 4.79 Å². The zero-order valence-electron chi connectivity index (χ0n) is 17.4. The predicted molar refractivity (Wildman–Crippen MR) is 127 cm³/mol. The van der Waals surface area contributed by atoms with E-state index >= 15 is 0 Å². The number of aromatic amines is 2. The minimum Gasteiger partial charge on any atom is -0.506 e. The number of fused-ring (bicyclic) bond motifs is 2. The number of carboxylic acid groups (broad SMARTS) is 1. The van der Waals surface area contributed by atoms with Gasteiger partial charge in [0.1, 0.15) is 15.5 Å². The second-order valence-corrected chi connectivity index (χ2v) is 8.76. The van der Waals surface area contributed by atoms with E-state index in [-0.39, 0.29) is 27.7 Å². The van der Waals surface area contributed by atoms with Gasteiger partial charge in [0.15, 0.2) is 0 Å². The lowest BCUT2D eigenvalue weighted by atomic mass is 10.0. The van der Waals surface area contributed by atoms with E-state index < -0.39 is 11.8 Å². The van der Waals surface area contributed by atoms with Crippen molar-refractivity contribution in [1.29, 1.82) is 0 Å². The van der Waals surface area contributed by atoms with Gasteiger partial charge >= 0.3 is 5.97 Å². The number of carboxylic acids is 1. The molecule has 0 radical (unpaired) electrons. The fourth-order valence-corrected chi connectivity index (χ4v) is 5.26. The highest BCUT2D eigenvalue weighted by Crippen LogP contribution is 2.45. The number of carbonyl (C=O) groups excluding carboxylic acids is 1. The number of aromatic hydroxyl groups is 1. The Balaban J connectivity index is 1.65. The van der Waals surface area contributed by atoms with Crippen LogP contribution in [0.4, 0.5) is 0 Å². The number of rotatable bonds is 7. The summed E-state index contributed by atoms with van der Waals surface area (Å²) in [5.74, 6) is -1.99. The number of hydrogen-bond donors (Lipinski definition) is 5. The number of benzene rings is 2. The number of nitrogens with one attached hydrogen (secondary N) is 2. The van der Waals surface area contributed by atoms with Gasteiger partial charge in [-0.2, -0.15) is 0 Å². The number of hydrogen-bond acceptors (Lipinski definition) is 5. The molecular weight excluding hydrogens is 440 g/mol.